The van der Waals surface area contributed by atoms with Gasteiger partial charge in [0, 0.05) is 42.0 Å². The molecular weight excluding hydrogens is 346 g/mol. The number of benzene rings is 1. The van der Waals surface area contributed by atoms with Gasteiger partial charge in [-0.25, -0.2) is 0 Å². The number of nitrogens with zero attached hydrogens (tertiary/aromatic N) is 2. The average Bonchev–Trinajstić information content (AvgIpc) is 3.29. The molecule has 134 valence electrons. The highest BCUT2D eigenvalue weighted by Crippen LogP contribution is 2.23. The summed E-state index contributed by atoms with van der Waals surface area (Å²) in [4.78, 5) is 33.4. The Balaban J connectivity index is 1.41. The third kappa shape index (κ3) is 3.12. The Morgan fingerprint density at radius 3 is 2.46 bits per heavy atom. The summed E-state index contributed by atoms with van der Waals surface area (Å²) in [6, 6.07) is 11.9. The van der Waals surface area contributed by atoms with Crippen LogP contribution < -0.4 is 0 Å². The van der Waals surface area contributed by atoms with Crippen molar-refractivity contribution < 1.29 is 9.59 Å². The number of fused-ring (bicyclic) bond motifs is 1. The maximum Gasteiger partial charge on any atom is 0.270 e. The summed E-state index contributed by atoms with van der Waals surface area (Å²) in [5, 5.41) is 3.07. The van der Waals surface area contributed by atoms with Crippen molar-refractivity contribution in [1.29, 1.82) is 0 Å². The number of hydrogen-bond acceptors (Lipinski definition) is 3. The third-order valence-corrected chi connectivity index (χ3v) is 5.88. The van der Waals surface area contributed by atoms with Crippen molar-refractivity contribution >= 4 is 34.1 Å². The van der Waals surface area contributed by atoms with E-state index >= 15 is 0 Å². The molecule has 2 amide bonds. The number of aromatic nitrogens is 1. The summed E-state index contributed by atoms with van der Waals surface area (Å²) in [5.41, 5.74) is 2.63. The van der Waals surface area contributed by atoms with Gasteiger partial charge in [-0.05, 0) is 30.0 Å². The van der Waals surface area contributed by atoms with E-state index in [1.807, 2.05) is 58.5 Å². The van der Waals surface area contributed by atoms with E-state index in [0.29, 0.717) is 38.3 Å². The number of carbonyl (C=O) groups excluding carboxylic acids is 2. The maximum absolute atomic E-state index is 12.9. The lowest BCUT2D eigenvalue weighted by atomic mass is 10.1. The van der Waals surface area contributed by atoms with E-state index in [0.717, 1.165) is 21.3 Å². The third-order valence-electron chi connectivity index (χ3n) is 5.00. The molecular formula is C20H21N3O2S. The van der Waals surface area contributed by atoms with Gasteiger partial charge in [-0.3, -0.25) is 9.59 Å². The number of aromatic amines is 1. The Bertz CT molecular complexity index is 937. The van der Waals surface area contributed by atoms with Gasteiger partial charge in [-0.2, -0.15) is 0 Å². The summed E-state index contributed by atoms with van der Waals surface area (Å²) >= 11 is 1.61. The minimum Gasteiger partial charge on any atom is -0.350 e. The number of H-pyrrole nitrogens is 1. The number of thiophene rings is 1. The standard InChI is InChI=1S/C20H21N3O2S/c1-14-16-6-2-3-7-17(16)21-19(14)20(25)23-10-8-22(9-11-23)18(24)13-15-5-4-12-26-15/h2-7,12,21H,8-11,13H2,1H3. The second kappa shape index (κ2) is 6.96. The first-order valence-electron chi connectivity index (χ1n) is 8.80. The molecule has 5 nitrogen and oxygen atoms in total. The van der Waals surface area contributed by atoms with Crippen LogP contribution in [0.1, 0.15) is 20.9 Å². The summed E-state index contributed by atoms with van der Waals surface area (Å²) in [5.74, 6) is 0.158. The van der Waals surface area contributed by atoms with Gasteiger partial charge < -0.3 is 14.8 Å². The highest BCUT2D eigenvalue weighted by atomic mass is 32.1. The molecule has 26 heavy (non-hydrogen) atoms. The van der Waals surface area contributed by atoms with Crippen molar-refractivity contribution in [2.45, 2.75) is 13.3 Å². The number of aryl methyl sites for hydroxylation is 1. The van der Waals surface area contributed by atoms with Crippen molar-refractivity contribution in [2.24, 2.45) is 0 Å². The van der Waals surface area contributed by atoms with Crippen molar-refractivity contribution in [2.75, 3.05) is 26.2 Å². The fourth-order valence-corrected chi connectivity index (χ4v) is 4.18. The van der Waals surface area contributed by atoms with Crippen LogP contribution in [0.4, 0.5) is 0 Å². The van der Waals surface area contributed by atoms with Crippen LogP contribution in [-0.2, 0) is 11.2 Å². The average molecular weight is 367 g/mol. The molecule has 1 saturated heterocycles. The number of amides is 2. The molecule has 0 spiro atoms. The Morgan fingerprint density at radius 1 is 1.04 bits per heavy atom. The molecule has 1 aromatic carbocycles. The van der Waals surface area contributed by atoms with Crippen LogP contribution in [-0.4, -0.2) is 52.8 Å². The van der Waals surface area contributed by atoms with Crippen LogP contribution in [0.5, 0.6) is 0 Å². The highest BCUT2D eigenvalue weighted by Gasteiger charge is 2.27. The van der Waals surface area contributed by atoms with E-state index in [4.69, 9.17) is 0 Å². The molecule has 1 N–H and O–H groups in total. The number of piperazine rings is 1. The lowest BCUT2D eigenvalue weighted by Gasteiger charge is -2.34. The largest absolute Gasteiger partial charge is 0.350 e. The first kappa shape index (κ1) is 16.8. The fourth-order valence-electron chi connectivity index (χ4n) is 3.49. The van der Waals surface area contributed by atoms with Gasteiger partial charge >= 0.3 is 0 Å². The van der Waals surface area contributed by atoms with E-state index in [-0.39, 0.29) is 11.8 Å². The van der Waals surface area contributed by atoms with Gasteiger partial charge in [0.25, 0.3) is 5.91 Å². The molecule has 0 bridgehead atoms. The second-order valence-corrected chi connectivity index (χ2v) is 7.63. The zero-order valence-electron chi connectivity index (χ0n) is 14.7. The molecule has 0 unspecified atom stereocenters. The predicted molar refractivity (Wildman–Crippen MR) is 104 cm³/mol. The summed E-state index contributed by atoms with van der Waals surface area (Å²) < 4.78 is 0. The summed E-state index contributed by atoms with van der Waals surface area (Å²) in [6.07, 6.45) is 0.451. The second-order valence-electron chi connectivity index (χ2n) is 6.60. The zero-order chi connectivity index (χ0) is 18.1. The lowest BCUT2D eigenvalue weighted by Crippen LogP contribution is -2.51. The Hall–Kier alpha value is -2.60. The first-order chi connectivity index (χ1) is 12.6. The van der Waals surface area contributed by atoms with Crippen LogP contribution in [0.15, 0.2) is 41.8 Å². The number of carbonyl (C=O) groups is 2. The number of rotatable bonds is 3. The molecule has 6 heteroatoms. The molecule has 0 aliphatic carbocycles. The van der Waals surface area contributed by atoms with Crippen molar-refractivity contribution in [3.63, 3.8) is 0 Å². The van der Waals surface area contributed by atoms with E-state index in [9.17, 15) is 9.59 Å². The topological polar surface area (TPSA) is 56.4 Å². The van der Waals surface area contributed by atoms with Gasteiger partial charge in [0.15, 0.2) is 0 Å². The summed E-state index contributed by atoms with van der Waals surface area (Å²) in [7, 11) is 0. The van der Waals surface area contributed by atoms with Crippen LogP contribution >= 0.6 is 11.3 Å². The quantitative estimate of drug-likeness (QED) is 0.773. The van der Waals surface area contributed by atoms with E-state index in [2.05, 4.69) is 4.98 Å². The van der Waals surface area contributed by atoms with Gasteiger partial charge in [-0.1, -0.05) is 24.3 Å². The molecule has 1 aliphatic rings. The molecule has 3 heterocycles. The predicted octanol–water partition coefficient (Wildman–Crippen LogP) is 3.06. The minimum absolute atomic E-state index is 0.0176. The Kier molecular flexibility index (Phi) is 4.51. The van der Waals surface area contributed by atoms with E-state index in [1.54, 1.807) is 11.3 Å². The number of nitrogens with one attached hydrogen (secondary N) is 1. The van der Waals surface area contributed by atoms with Crippen molar-refractivity contribution in [3.8, 4) is 0 Å². The fraction of sp³-hybridized carbons (Fsp3) is 0.300. The molecule has 2 aromatic heterocycles. The van der Waals surface area contributed by atoms with Gasteiger partial charge in [-0.15, -0.1) is 11.3 Å². The molecule has 0 radical (unpaired) electrons. The molecule has 0 saturated carbocycles. The number of para-hydroxylation sites is 1. The van der Waals surface area contributed by atoms with Gasteiger partial charge in [0.2, 0.25) is 5.91 Å². The Labute approximate surface area is 156 Å². The van der Waals surface area contributed by atoms with Crippen LogP contribution in [0.25, 0.3) is 10.9 Å². The Morgan fingerprint density at radius 2 is 1.77 bits per heavy atom. The van der Waals surface area contributed by atoms with Gasteiger partial charge in [0.05, 0.1) is 6.42 Å². The normalized spacial score (nSPS) is 14.8. The van der Waals surface area contributed by atoms with Crippen molar-refractivity contribution in [3.05, 3.63) is 57.9 Å². The van der Waals surface area contributed by atoms with Crippen LogP contribution in [0.2, 0.25) is 0 Å². The van der Waals surface area contributed by atoms with E-state index < -0.39 is 0 Å². The van der Waals surface area contributed by atoms with Crippen molar-refractivity contribution in [1.82, 2.24) is 14.8 Å². The zero-order valence-corrected chi connectivity index (χ0v) is 15.5. The minimum atomic E-state index is 0.0176. The number of hydrogen-bond donors (Lipinski definition) is 1. The highest BCUT2D eigenvalue weighted by molar-refractivity contribution is 7.10. The van der Waals surface area contributed by atoms with Crippen LogP contribution in [0, 0.1) is 6.92 Å². The van der Waals surface area contributed by atoms with Crippen LogP contribution in [0.3, 0.4) is 0 Å². The molecule has 0 atom stereocenters. The SMILES string of the molecule is Cc1c(C(=O)N2CCN(C(=O)Cc3cccs3)CC2)[nH]c2ccccc12. The molecule has 4 rings (SSSR count). The molecule has 1 aliphatic heterocycles. The smallest absolute Gasteiger partial charge is 0.270 e. The molecule has 3 aromatic rings. The summed E-state index contributed by atoms with van der Waals surface area (Å²) in [6.45, 7) is 4.31. The lowest BCUT2D eigenvalue weighted by molar-refractivity contribution is -0.131. The van der Waals surface area contributed by atoms with E-state index in [1.165, 1.54) is 0 Å². The molecule has 1 fully saturated rings. The first-order valence-corrected chi connectivity index (χ1v) is 9.68. The maximum atomic E-state index is 12.9. The monoisotopic (exact) mass is 367 g/mol. The van der Waals surface area contributed by atoms with Gasteiger partial charge in [0.1, 0.15) is 5.69 Å².